The van der Waals surface area contributed by atoms with E-state index in [4.69, 9.17) is 0 Å². The molecule has 0 heterocycles. The lowest BCUT2D eigenvalue weighted by Crippen LogP contribution is -2.56. The summed E-state index contributed by atoms with van der Waals surface area (Å²) < 4.78 is 0. The van der Waals surface area contributed by atoms with E-state index < -0.39 is 0 Å². The molecule has 0 amide bonds. The highest BCUT2D eigenvalue weighted by molar-refractivity contribution is 5.62. The number of hydrogen-bond donors (Lipinski definition) is 0. The molecular formula is C41H52. The zero-order valence-electron chi connectivity index (χ0n) is 26.8. The average molecular weight is 545 g/mol. The Balaban J connectivity index is 1.06. The molecule has 0 N–H and O–H groups in total. The molecule has 216 valence electrons. The van der Waals surface area contributed by atoms with Gasteiger partial charge in [0, 0.05) is 10.8 Å². The molecule has 41 heavy (non-hydrogen) atoms. The van der Waals surface area contributed by atoms with Gasteiger partial charge < -0.3 is 0 Å². The first kappa shape index (κ1) is 27.5. The molecule has 0 aliphatic heterocycles. The third-order valence-corrected chi connectivity index (χ3v) is 13.5. The molecule has 4 fully saturated rings. The Hall–Kier alpha value is -2.34. The van der Waals surface area contributed by atoms with Gasteiger partial charge in [-0.25, -0.2) is 0 Å². The summed E-state index contributed by atoms with van der Waals surface area (Å²) in [7, 11) is 0. The smallest absolute Gasteiger partial charge is 0.00966 e. The van der Waals surface area contributed by atoms with Gasteiger partial charge in [-0.1, -0.05) is 126 Å². The van der Waals surface area contributed by atoms with Crippen molar-refractivity contribution in [1.29, 1.82) is 0 Å². The lowest BCUT2D eigenvalue weighted by Gasteiger charge is -2.63. The van der Waals surface area contributed by atoms with E-state index in [2.05, 4.69) is 122 Å². The molecule has 0 heteroatoms. The third-order valence-electron chi connectivity index (χ3n) is 13.5. The van der Waals surface area contributed by atoms with Crippen molar-refractivity contribution in [2.45, 2.75) is 92.9 Å². The van der Waals surface area contributed by atoms with Gasteiger partial charge in [0.25, 0.3) is 0 Å². The molecular weight excluding hydrogens is 492 g/mol. The fourth-order valence-electron chi connectivity index (χ4n) is 11.4. The van der Waals surface area contributed by atoms with Crippen LogP contribution in [-0.2, 0) is 6.42 Å². The zero-order chi connectivity index (χ0) is 28.9. The van der Waals surface area contributed by atoms with Crippen LogP contribution >= 0.6 is 0 Å². The van der Waals surface area contributed by atoms with Crippen LogP contribution in [0.4, 0.5) is 0 Å². The number of benzene rings is 2. The van der Waals surface area contributed by atoms with E-state index in [1.54, 1.807) is 11.1 Å². The summed E-state index contributed by atoms with van der Waals surface area (Å²) >= 11 is 0. The van der Waals surface area contributed by atoms with Crippen molar-refractivity contribution in [3.8, 4) is 0 Å². The van der Waals surface area contributed by atoms with Crippen molar-refractivity contribution in [1.82, 2.24) is 0 Å². The Morgan fingerprint density at radius 2 is 1.66 bits per heavy atom. The summed E-state index contributed by atoms with van der Waals surface area (Å²) in [6.07, 6.45) is 15.8. The first-order chi connectivity index (χ1) is 19.4. The molecule has 2 aromatic carbocycles. The summed E-state index contributed by atoms with van der Waals surface area (Å²) in [4.78, 5) is 0. The van der Waals surface area contributed by atoms with E-state index in [0.29, 0.717) is 16.7 Å². The summed E-state index contributed by atoms with van der Waals surface area (Å²) in [5, 5.41) is 0. The van der Waals surface area contributed by atoms with Crippen LogP contribution in [0.3, 0.4) is 0 Å². The lowest BCUT2D eigenvalue weighted by molar-refractivity contribution is -0.105. The van der Waals surface area contributed by atoms with Gasteiger partial charge in [-0.05, 0) is 114 Å². The zero-order valence-corrected chi connectivity index (χ0v) is 26.8. The maximum atomic E-state index is 4.12. The second-order valence-corrected chi connectivity index (χ2v) is 16.5. The first-order valence-corrected chi connectivity index (χ1v) is 16.6. The molecule has 5 aliphatic rings. The van der Waals surface area contributed by atoms with Crippen LogP contribution in [0.5, 0.6) is 0 Å². The minimum absolute atomic E-state index is 0.220. The maximum Gasteiger partial charge on any atom is 0.00966 e. The fourth-order valence-corrected chi connectivity index (χ4v) is 11.4. The largest absolute Gasteiger partial charge is 0.0955 e. The predicted molar refractivity (Wildman–Crippen MR) is 175 cm³/mol. The van der Waals surface area contributed by atoms with E-state index in [1.807, 2.05) is 0 Å². The maximum absolute atomic E-state index is 4.12. The molecule has 7 rings (SSSR count). The third kappa shape index (κ3) is 4.13. The molecule has 0 spiro atoms. The van der Waals surface area contributed by atoms with Gasteiger partial charge in [-0.15, -0.1) is 0 Å². The minimum Gasteiger partial charge on any atom is -0.0955 e. The molecule has 5 aliphatic carbocycles. The summed E-state index contributed by atoms with van der Waals surface area (Å²) in [6, 6.07) is 18.5. The van der Waals surface area contributed by atoms with Crippen molar-refractivity contribution >= 4 is 5.57 Å². The normalized spacial score (nSPS) is 40.5. The topological polar surface area (TPSA) is 0 Å². The quantitative estimate of drug-likeness (QED) is 0.328. The number of fused-ring (bicyclic) bond motifs is 7. The first-order valence-electron chi connectivity index (χ1n) is 16.6. The van der Waals surface area contributed by atoms with Crippen LogP contribution < -0.4 is 0 Å². The monoisotopic (exact) mass is 544 g/mol. The van der Waals surface area contributed by atoms with Crippen molar-refractivity contribution in [2.24, 2.45) is 51.2 Å². The lowest BCUT2D eigenvalue weighted by atomic mass is 9.41. The molecule has 4 saturated carbocycles. The molecule has 9 unspecified atom stereocenters. The Kier molecular flexibility index (Phi) is 6.09. The van der Waals surface area contributed by atoms with Crippen LogP contribution in [-0.4, -0.2) is 0 Å². The van der Waals surface area contributed by atoms with Gasteiger partial charge in [0.05, 0.1) is 0 Å². The summed E-state index contributed by atoms with van der Waals surface area (Å²) in [5.41, 5.74) is 9.98. The van der Waals surface area contributed by atoms with E-state index in [-0.39, 0.29) is 10.8 Å². The molecule has 0 radical (unpaired) electrons. The van der Waals surface area contributed by atoms with Gasteiger partial charge in [0.1, 0.15) is 0 Å². The fraction of sp³-hybridized carbons (Fsp3) is 0.561. The Bertz CT molecular complexity index is 1430. The Morgan fingerprint density at radius 1 is 0.902 bits per heavy atom. The molecule has 9 atom stereocenters. The Labute approximate surface area is 250 Å². The Morgan fingerprint density at radius 3 is 2.39 bits per heavy atom. The van der Waals surface area contributed by atoms with Crippen LogP contribution in [0.1, 0.15) is 109 Å². The molecule has 0 bridgehead atoms. The number of hydrogen-bond acceptors (Lipinski definition) is 0. The minimum atomic E-state index is 0.220. The van der Waals surface area contributed by atoms with E-state index in [1.165, 1.54) is 48.8 Å². The van der Waals surface area contributed by atoms with Crippen LogP contribution in [0.2, 0.25) is 0 Å². The number of rotatable bonds is 5. The molecule has 0 aromatic heterocycles. The van der Waals surface area contributed by atoms with E-state index >= 15 is 0 Å². The van der Waals surface area contributed by atoms with Gasteiger partial charge >= 0.3 is 0 Å². The summed E-state index contributed by atoms with van der Waals surface area (Å²) in [6.45, 7) is 21.6. The van der Waals surface area contributed by atoms with Gasteiger partial charge in [0.2, 0.25) is 0 Å². The van der Waals surface area contributed by atoms with Crippen molar-refractivity contribution in [2.75, 3.05) is 0 Å². The highest BCUT2D eigenvalue weighted by Crippen LogP contribution is 2.80. The van der Waals surface area contributed by atoms with E-state index in [9.17, 15) is 0 Å². The van der Waals surface area contributed by atoms with Crippen molar-refractivity contribution in [3.05, 3.63) is 101 Å². The summed E-state index contributed by atoms with van der Waals surface area (Å²) in [5.74, 6) is 5.10. The van der Waals surface area contributed by atoms with Gasteiger partial charge in [0.15, 0.2) is 0 Å². The highest BCUT2D eigenvalue weighted by atomic mass is 14.8. The van der Waals surface area contributed by atoms with Gasteiger partial charge in [-0.2, -0.15) is 0 Å². The second kappa shape index (κ2) is 9.08. The van der Waals surface area contributed by atoms with E-state index in [0.717, 1.165) is 41.6 Å². The molecule has 2 aromatic rings. The molecule has 0 nitrogen and oxygen atoms in total. The van der Waals surface area contributed by atoms with Crippen LogP contribution in [0.25, 0.3) is 5.57 Å². The number of allylic oxidation sites excluding steroid dienone is 5. The van der Waals surface area contributed by atoms with Crippen molar-refractivity contribution < 1.29 is 0 Å². The van der Waals surface area contributed by atoms with Crippen LogP contribution in [0, 0.1) is 51.2 Å². The van der Waals surface area contributed by atoms with Gasteiger partial charge in [-0.3, -0.25) is 0 Å². The SMILES string of the molecule is C=C(C)c1cccc(Cc2ccc(C(C)C3C4CC5C(C)(CCC6C7(C)C=CC(C)(C)C=C7CCC65C)C43)cc2)c1. The van der Waals surface area contributed by atoms with Crippen molar-refractivity contribution in [3.63, 3.8) is 0 Å². The standard InChI is InChI=1S/C41H52/c1-26(2)31-11-9-10-29(23-31)22-28-12-14-30(15-13-28)27(3)36-33-24-35-40(7)18-16-32-25-38(4,5)20-21-39(32,6)34(40)17-19-41(35,8)37(33)36/h9-15,20-21,23,25,27,33-37H,1,16-19,22,24H2,2-8H3. The predicted octanol–water partition coefficient (Wildman–Crippen LogP) is 11.0. The highest BCUT2D eigenvalue weighted by Gasteiger charge is 2.73. The second-order valence-electron chi connectivity index (χ2n) is 16.5. The molecule has 0 saturated heterocycles. The van der Waals surface area contributed by atoms with Crippen LogP contribution in [0.15, 0.2) is 78.9 Å². The average Bonchev–Trinajstić information content (AvgIpc) is 3.58.